The summed E-state index contributed by atoms with van der Waals surface area (Å²) < 4.78 is 1.22. The summed E-state index contributed by atoms with van der Waals surface area (Å²) in [4.78, 5) is 3.31. The monoisotopic (exact) mass is 371 g/mol. The van der Waals surface area contributed by atoms with Crippen LogP contribution in [0.25, 0.3) is 0 Å². The summed E-state index contributed by atoms with van der Waals surface area (Å²) in [7, 11) is 0. The minimum Gasteiger partial charge on any atom is -0.322 e. The van der Waals surface area contributed by atoms with Crippen molar-refractivity contribution in [3.05, 3.63) is 69.7 Å². The zero-order chi connectivity index (χ0) is 16.1. The van der Waals surface area contributed by atoms with Crippen molar-refractivity contribution in [3.63, 3.8) is 0 Å². The third kappa shape index (κ3) is 4.42. The van der Waals surface area contributed by atoms with Crippen molar-refractivity contribution in [2.75, 3.05) is 26.2 Å². The Labute approximate surface area is 146 Å². The molecule has 0 amide bonds. The SMILES string of the molecule is N#Cc1ccc(C[NH+]2CC[NH+](Cc3ccccc3Br)CC2)cc1. The van der Waals surface area contributed by atoms with Crippen LogP contribution in [0.15, 0.2) is 53.0 Å². The molecule has 23 heavy (non-hydrogen) atoms. The Hall–Kier alpha value is -1.67. The van der Waals surface area contributed by atoms with Crippen LogP contribution in [0.2, 0.25) is 0 Å². The largest absolute Gasteiger partial charge is 0.322 e. The third-order valence-electron chi connectivity index (χ3n) is 4.60. The fourth-order valence-corrected chi connectivity index (χ4v) is 3.63. The van der Waals surface area contributed by atoms with Gasteiger partial charge in [-0.2, -0.15) is 5.26 Å². The fraction of sp³-hybridized carbons (Fsp3) is 0.316. The van der Waals surface area contributed by atoms with Crippen molar-refractivity contribution in [2.45, 2.75) is 13.1 Å². The van der Waals surface area contributed by atoms with Crippen molar-refractivity contribution in [3.8, 4) is 6.07 Å². The Morgan fingerprint density at radius 3 is 2.09 bits per heavy atom. The van der Waals surface area contributed by atoms with E-state index in [9.17, 15) is 0 Å². The number of hydrogen-bond donors (Lipinski definition) is 2. The van der Waals surface area contributed by atoms with E-state index in [0.29, 0.717) is 0 Å². The first-order valence-corrected chi connectivity index (χ1v) is 8.93. The van der Waals surface area contributed by atoms with Crippen molar-refractivity contribution in [1.29, 1.82) is 5.26 Å². The molecule has 1 aliphatic rings. The molecule has 1 saturated heterocycles. The Morgan fingerprint density at radius 1 is 0.870 bits per heavy atom. The van der Waals surface area contributed by atoms with Crippen LogP contribution in [-0.4, -0.2) is 26.2 Å². The summed E-state index contributed by atoms with van der Waals surface area (Å²) in [6.45, 7) is 7.01. The number of nitrogens with one attached hydrogen (secondary N) is 2. The minimum absolute atomic E-state index is 0.742. The number of piperazine rings is 1. The van der Waals surface area contributed by atoms with Crippen LogP contribution in [0.1, 0.15) is 16.7 Å². The van der Waals surface area contributed by atoms with Crippen LogP contribution in [-0.2, 0) is 13.1 Å². The second kappa shape index (κ2) is 7.74. The second-order valence-corrected chi connectivity index (χ2v) is 7.11. The molecule has 0 aliphatic carbocycles. The smallest absolute Gasteiger partial charge is 0.127 e. The topological polar surface area (TPSA) is 32.7 Å². The van der Waals surface area contributed by atoms with Gasteiger partial charge in [0.2, 0.25) is 0 Å². The van der Waals surface area contributed by atoms with E-state index in [1.165, 1.54) is 41.8 Å². The van der Waals surface area contributed by atoms with Gasteiger partial charge in [0, 0.05) is 15.6 Å². The molecule has 0 atom stereocenters. The second-order valence-electron chi connectivity index (χ2n) is 6.25. The highest BCUT2D eigenvalue weighted by Gasteiger charge is 2.23. The molecule has 4 heteroatoms. The van der Waals surface area contributed by atoms with Gasteiger partial charge >= 0.3 is 0 Å². The zero-order valence-corrected chi connectivity index (χ0v) is 14.8. The maximum atomic E-state index is 8.86. The maximum Gasteiger partial charge on any atom is 0.127 e. The first-order valence-electron chi connectivity index (χ1n) is 8.14. The lowest BCUT2D eigenvalue weighted by atomic mass is 10.1. The Kier molecular flexibility index (Phi) is 5.45. The summed E-state index contributed by atoms with van der Waals surface area (Å²) in [5, 5.41) is 8.86. The van der Waals surface area contributed by atoms with E-state index in [-0.39, 0.29) is 0 Å². The first-order chi connectivity index (χ1) is 11.2. The lowest BCUT2D eigenvalue weighted by Gasteiger charge is -2.30. The molecule has 2 N–H and O–H groups in total. The highest BCUT2D eigenvalue weighted by molar-refractivity contribution is 9.10. The number of benzene rings is 2. The fourth-order valence-electron chi connectivity index (χ4n) is 3.21. The molecule has 0 radical (unpaired) electrons. The molecule has 0 aromatic heterocycles. The van der Waals surface area contributed by atoms with Gasteiger partial charge in [-0.05, 0) is 18.2 Å². The van der Waals surface area contributed by atoms with Gasteiger partial charge in [0.1, 0.15) is 39.3 Å². The molecule has 118 valence electrons. The predicted molar refractivity (Wildman–Crippen MR) is 94.1 cm³/mol. The molecule has 1 heterocycles. The third-order valence-corrected chi connectivity index (χ3v) is 5.37. The highest BCUT2D eigenvalue weighted by atomic mass is 79.9. The van der Waals surface area contributed by atoms with Gasteiger partial charge in [-0.15, -0.1) is 0 Å². The standard InChI is InChI=1S/C19H20BrN3/c20-19-4-2-1-3-18(19)15-23-11-9-22(10-12-23)14-17-7-5-16(13-21)6-8-17/h1-8H,9-12,14-15H2/p+2. The van der Waals surface area contributed by atoms with Crippen LogP contribution < -0.4 is 9.80 Å². The molecule has 0 spiro atoms. The Morgan fingerprint density at radius 2 is 1.48 bits per heavy atom. The molecule has 3 rings (SSSR count). The number of quaternary nitrogens is 2. The Balaban J connectivity index is 1.50. The number of rotatable bonds is 4. The van der Waals surface area contributed by atoms with Gasteiger partial charge < -0.3 is 9.80 Å². The van der Waals surface area contributed by atoms with Crippen LogP contribution in [0.4, 0.5) is 0 Å². The molecule has 0 saturated carbocycles. The van der Waals surface area contributed by atoms with Gasteiger partial charge in [-0.25, -0.2) is 0 Å². The van der Waals surface area contributed by atoms with Gasteiger partial charge in [-0.1, -0.05) is 46.3 Å². The summed E-state index contributed by atoms with van der Waals surface area (Å²) in [5.41, 5.74) is 3.47. The van der Waals surface area contributed by atoms with Gasteiger partial charge in [0.15, 0.2) is 0 Å². The molecule has 3 nitrogen and oxygen atoms in total. The van der Waals surface area contributed by atoms with Crippen LogP contribution in [0.5, 0.6) is 0 Å². The van der Waals surface area contributed by atoms with Crippen LogP contribution in [0.3, 0.4) is 0 Å². The number of nitrogens with zero attached hydrogens (tertiary/aromatic N) is 1. The van der Waals surface area contributed by atoms with E-state index in [0.717, 1.165) is 18.7 Å². The molecule has 2 aromatic rings. The average Bonchev–Trinajstić information content (AvgIpc) is 2.59. The summed E-state index contributed by atoms with van der Waals surface area (Å²) >= 11 is 3.65. The molecule has 1 aliphatic heterocycles. The maximum absolute atomic E-state index is 8.86. The van der Waals surface area contributed by atoms with Gasteiger partial charge in [0.05, 0.1) is 11.6 Å². The van der Waals surface area contributed by atoms with E-state index in [1.54, 1.807) is 9.80 Å². The molecular weight excluding hydrogens is 350 g/mol. The number of hydrogen-bond acceptors (Lipinski definition) is 1. The van der Waals surface area contributed by atoms with E-state index in [1.807, 2.05) is 12.1 Å². The molecule has 1 fully saturated rings. The predicted octanol–water partition coefficient (Wildman–Crippen LogP) is 0.804. The number of nitriles is 1. The van der Waals surface area contributed by atoms with Gasteiger partial charge in [-0.3, -0.25) is 0 Å². The minimum atomic E-state index is 0.742. The lowest BCUT2D eigenvalue weighted by molar-refractivity contribution is -1.02. The molecule has 0 bridgehead atoms. The Bertz CT molecular complexity index is 683. The van der Waals surface area contributed by atoms with Crippen molar-refractivity contribution < 1.29 is 9.80 Å². The quantitative estimate of drug-likeness (QED) is 0.818. The lowest BCUT2D eigenvalue weighted by Crippen LogP contribution is -3.27. The van der Waals surface area contributed by atoms with Crippen molar-refractivity contribution >= 4 is 15.9 Å². The molecule has 0 unspecified atom stereocenters. The van der Waals surface area contributed by atoms with E-state index >= 15 is 0 Å². The first kappa shape index (κ1) is 16.2. The average molecular weight is 372 g/mol. The van der Waals surface area contributed by atoms with E-state index < -0.39 is 0 Å². The highest BCUT2D eigenvalue weighted by Crippen LogP contribution is 2.14. The van der Waals surface area contributed by atoms with Crippen LogP contribution >= 0.6 is 15.9 Å². The summed E-state index contributed by atoms with van der Waals surface area (Å²) in [5.74, 6) is 0. The summed E-state index contributed by atoms with van der Waals surface area (Å²) in [6, 6.07) is 18.7. The van der Waals surface area contributed by atoms with Crippen molar-refractivity contribution in [2.24, 2.45) is 0 Å². The van der Waals surface area contributed by atoms with E-state index in [4.69, 9.17) is 5.26 Å². The van der Waals surface area contributed by atoms with Crippen molar-refractivity contribution in [1.82, 2.24) is 0 Å². The van der Waals surface area contributed by atoms with E-state index in [2.05, 4.69) is 58.4 Å². The van der Waals surface area contributed by atoms with Gasteiger partial charge in [0.25, 0.3) is 0 Å². The molecular formula is C19H22BrN3+2. The zero-order valence-electron chi connectivity index (χ0n) is 13.2. The normalized spacial score (nSPS) is 20.9. The summed E-state index contributed by atoms with van der Waals surface area (Å²) in [6.07, 6.45) is 0. The molecule has 2 aromatic carbocycles. The van der Waals surface area contributed by atoms with Crippen LogP contribution in [0, 0.1) is 11.3 Å². The number of halogens is 1.